The summed E-state index contributed by atoms with van der Waals surface area (Å²) in [5, 5.41) is 10.6. The molecular weight excluding hydrogens is 356 g/mol. The number of carbonyl (C=O) groups is 1. The van der Waals surface area contributed by atoms with Crippen LogP contribution in [0, 0.1) is 0 Å². The van der Waals surface area contributed by atoms with E-state index in [1.807, 2.05) is 6.92 Å². The van der Waals surface area contributed by atoms with Crippen LogP contribution in [0.5, 0.6) is 0 Å². The summed E-state index contributed by atoms with van der Waals surface area (Å²) in [5.74, 6) is -0.558. The summed E-state index contributed by atoms with van der Waals surface area (Å²) in [5.41, 5.74) is 1.78. The van der Waals surface area contributed by atoms with Crippen LogP contribution in [0.3, 0.4) is 0 Å². The Kier molecular flexibility index (Phi) is 4.47. The Morgan fingerprint density at radius 1 is 1.38 bits per heavy atom. The second-order valence-corrected chi connectivity index (χ2v) is 7.10. The molecule has 8 nitrogen and oxygen atoms in total. The molecule has 0 saturated heterocycles. The zero-order valence-electron chi connectivity index (χ0n) is 13.9. The van der Waals surface area contributed by atoms with E-state index in [2.05, 4.69) is 26.3 Å². The smallest absolute Gasteiger partial charge is 0.338 e. The number of aryl methyl sites for hydroxylation is 1. The molecule has 2 heterocycles. The number of carboxylic acids is 1. The Labute approximate surface area is 149 Å². The molecule has 0 radical (unpaired) electrons. The van der Waals surface area contributed by atoms with Gasteiger partial charge in [-0.05, 0) is 12.1 Å². The molecule has 0 fully saturated rings. The minimum atomic E-state index is -3.66. The number of aromatic amines is 1. The summed E-state index contributed by atoms with van der Waals surface area (Å²) in [6, 6.07) is 6.55. The number of aromatic nitrogens is 3. The number of rotatable bonds is 6. The van der Waals surface area contributed by atoms with Crippen molar-refractivity contribution < 1.29 is 18.3 Å². The number of aromatic carboxylic acids is 1. The number of sulfonamides is 1. The topological polar surface area (TPSA) is 125 Å². The third-order valence-corrected chi connectivity index (χ3v) is 4.70. The second-order valence-electron chi connectivity index (χ2n) is 5.47. The van der Waals surface area contributed by atoms with Crippen LogP contribution in [0.25, 0.3) is 22.3 Å². The highest BCUT2D eigenvalue weighted by molar-refractivity contribution is 7.95. The average molecular weight is 372 g/mol. The number of hydrogen-bond acceptors (Lipinski definition) is 5. The van der Waals surface area contributed by atoms with Gasteiger partial charge in [0.2, 0.25) is 0 Å². The number of benzene rings is 1. The summed E-state index contributed by atoms with van der Waals surface area (Å²) < 4.78 is 25.8. The van der Waals surface area contributed by atoms with Gasteiger partial charge in [0.15, 0.2) is 0 Å². The number of anilines is 1. The van der Waals surface area contributed by atoms with Crippen molar-refractivity contribution in [3.63, 3.8) is 0 Å². The maximum absolute atomic E-state index is 11.7. The van der Waals surface area contributed by atoms with Gasteiger partial charge in [0.25, 0.3) is 10.0 Å². The molecule has 0 aliphatic rings. The predicted molar refractivity (Wildman–Crippen MR) is 98.4 cm³/mol. The minimum absolute atomic E-state index is 0.0507. The predicted octanol–water partition coefficient (Wildman–Crippen LogP) is 2.77. The van der Waals surface area contributed by atoms with E-state index in [0.717, 1.165) is 5.41 Å². The van der Waals surface area contributed by atoms with Crippen LogP contribution in [-0.4, -0.2) is 34.4 Å². The van der Waals surface area contributed by atoms with Crippen LogP contribution in [0.4, 0.5) is 5.69 Å². The van der Waals surface area contributed by atoms with Gasteiger partial charge in [-0.15, -0.1) is 0 Å². The first-order valence-electron chi connectivity index (χ1n) is 7.71. The summed E-state index contributed by atoms with van der Waals surface area (Å²) in [7, 11) is -3.66. The molecule has 3 rings (SSSR count). The quantitative estimate of drug-likeness (QED) is 0.611. The Balaban J connectivity index is 2.23. The van der Waals surface area contributed by atoms with Crippen LogP contribution >= 0.6 is 0 Å². The summed E-state index contributed by atoms with van der Waals surface area (Å²) in [6.45, 7) is 5.15. The minimum Gasteiger partial charge on any atom is -0.478 e. The normalized spacial score (nSPS) is 11.4. The second kappa shape index (κ2) is 6.60. The Morgan fingerprint density at radius 3 is 2.81 bits per heavy atom. The average Bonchev–Trinajstić information content (AvgIpc) is 3.05. The maximum Gasteiger partial charge on any atom is 0.338 e. The molecule has 2 aromatic heterocycles. The first-order valence-corrected chi connectivity index (χ1v) is 9.26. The maximum atomic E-state index is 11.7. The lowest BCUT2D eigenvalue weighted by atomic mass is 10.1. The molecule has 0 bridgehead atoms. The third kappa shape index (κ3) is 3.29. The highest BCUT2D eigenvalue weighted by Gasteiger charge is 2.19. The van der Waals surface area contributed by atoms with E-state index < -0.39 is 16.0 Å². The molecule has 0 saturated carbocycles. The molecule has 0 aliphatic carbocycles. The summed E-state index contributed by atoms with van der Waals surface area (Å²) in [6.07, 6.45) is 1.93. The molecule has 1 aromatic carbocycles. The molecule has 9 heteroatoms. The molecule has 134 valence electrons. The van der Waals surface area contributed by atoms with E-state index >= 15 is 0 Å². The molecule has 3 aromatic rings. The first-order chi connectivity index (χ1) is 12.3. The van der Waals surface area contributed by atoms with Crippen molar-refractivity contribution in [2.24, 2.45) is 0 Å². The number of H-pyrrole nitrogens is 1. The van der Waals surface area contributed by atoms with E-state index in [-0.39, 0.29) is 5.56 Å². The molecule has 0 aliphatic heterocycles. The van der Waals surface area contributed by atoms with Gasteiger partial charge in [-0.3, -0.25) is 4.72 Å². The van der Waals surface area contributed by atoms with Gasteiger partial charge in [0.05, 0.1) is 16.6 Å². The lowest BCUT2D eigenvalue weighted by Crippen LogP contribution is -2.08. The Hall–Kier alpha value is -3.20. The zero-order valence-corrected chi connectivity index (χ0v) is 14.7. The van der Waals surface area contributed by atoms with E-state index in [1.54, 1.807) is 24.3 Å². The van der Waals surface area contributed by atoms with Crippen LogP contribution in [0.1, 0.15) is 23.1 Å². The van der Waals surface area contributed by atoms with Gasteiger partial charge >= 0.3 is 5.97 Å². The van der Waals surface area contributed by atoms with Crippen LogP contribution in [-0.2, 0) is 16.4 Å². The van der Waals surface area contributed by atoms with E-state index in [1.165, 1.54) is 6.20 Å². The fraction of sp³-hybridized carbons (Fsp3) is 0.118. The van der Waals surface area contributed by atoms with Crippen molar-refractivity contribution in [2.75, 3.05) is 4.72 Å². The fourth-order valence-electron chi connectivity index (χ4n) is 2.55. The molecule has 0 spiro atoms. The van der Waals surface area contributed by atoms with Gasteiger partial charge in [-0.25, -0.2) is 23.2 Å². The van der Waals surface area contributed by atoms with E-state index in [0.29, 0.717) is 40.2 Å². The lowest BCUT2D eigenvalue weighted by molar-refractivity contribution is 0.0699. The zero-order chi connectivity index (χ0) is 18.9. The van der Waals surface area contributed by atoms with Gasteiger partial charge in [-0.2, -0.15) is 0 Å². The number of nitrogens with one attached hydrogen (secondary N) is 2. The molecule has 3 N–H and O–H groups in total. The molecule has 0 atom stereocenters. The highest BCUT2D eigenvalue weighted by Crippen LogP contribution is 2.30. The van der Waals surface area contributed by atoms with Crippen molar-refractivity contribution in [3.05, 3.63) is 53.8 Å². The van der Waals surface area contributed by atoms with Crippen LogP contribution in [0.2, 0.25) is 0 Å². The molecule has 0 amide bonds. The largest absolute Gasteiger partial charge is 0.478 e. The third-order valence-electron chi connectivity index (χ3n) is 3.74. The monoisotopic (exact) mass is 372 g/mol. The van der Waals surface area contributed by atoms with Crippen molar-refractivity contribution in [1.82, 2.24) is 15.0 Å². The number of hydrogen-bond donors (Lipinski definition) is 3. The standard InChI is InChI=1S/C17H16N4O4S/c1-3-13-19-15(14-12(17(22)23)9-18-16(14)20-13)10-6-5-7-11(8-10)21-26(24,25)4-2/h4-9,21H,2-3H2,1H3,(H,22,23)(H,18,19,20). The van der Waals surface area contributed by atoms with E-state index in [9.17, 15) is 18.3 Å². The molecular formula is C17H16N4O4S. The van der Waals surface area contributed by atoms with Crippen molar-refractivity contribution >= 4 is 32.7 Å². The van der Waals surface area contributed by atoms with Gasteiger partial charge in [0, 0.05) is 29.3 Å². The van der Waals surface area contributed by atoms with Gasteiger partial charge in [0.1, 0.15) is 11.5 Å². The van der Waals surface area contributed by atoms with E-state index in [4.69, 9.17) is 0 Å². The number of carboxylic acid groups (broad SMARTS) is 1. The highest BCUT2D eigenvalue weighted by atomic mass is 32.2. The summed E-state index contributed by atoms with van der Waals surface area (Å²) in [4.78, 5) is 23.2. The van der Waals surface area contributed by atoms with Gasteiger partial charge in [-0.1, -0.05) is 25.6 Å². The first kappa shape index (κ1) is 17.6. The summed E-state index contributed by atoms with van der Waals surface area (Å²) >= 11 is 0. The van der Waals surface area contributed by atoms with Crippen molar-refractivity contribution in [2.45, 2.75) is 13.3 Å². The SMILES string of the molecule is C=CS(=O)(=O)Nc1cccc(-c2nc(CC)nc3[nH]cc(C(=O)O)c23)c1. The Bertz CT molecular complexity index is 1120. The Morgan fingerprint density at radius 2 is 2.15 bits per heavy atom. The number of nitrogens with zero attached hydrogens (tertiary/aromatic N) is 2. The van der Waals surface area contributed by atoms with Crippen molar-refractivity contribution in [1.29, 1.82) is 0 Å². The molecule has 0 unspecified atom stereocenters. The van der Waals surface area contributed by atoms with Gasteiger partial charge < -0.3 is 10.1 Å². The fourth-order valence-corrected chi connectivity index (χ4v) is 3.09. The van der Waals surface area contributed by atoms with Crippen LogP contribution in [0.15, 0.2) is 42.4 Å². The number of fused-ring (bicyclic) bond motifs is 1. The van der Waals surface area contributed by atoms with Crippen LogP contribution < -0.4 is 4.72 Å². The van der Waals surface area contributed by atoms with Crippen molar-refractivity contribution in [3.8, 4) is 11.3 Å². The molecule has 26 heavy (non-hydrogen) atoms. The lowest BCUT2D eigenvalue weighted by Gasteiger charge is -2.09.